The van der Waals surface area contributed by atoms with Crippen LogP contribution in [-0.4, -0.2) is 55.0 Å². The van der Waals surface area contributed by atoms with E-state index in [-0.39, 0.29) is 219 Å². The Bertz CT molecular complexity index is 9210. The quantitative estimate of drug-likeness (QED) is 0.106. The van der Waals surface area contributed by atoms with Crippen molar-refractivity contribution in [3.63, 3.8) is 0 Å². The maximum atomic E-state index is 8.54. The first kappa shape index (κ1) is 83.1. The molecule has 3 heterocycles. The summed E-state index contributed by atoms with van der Waals surface area (Å²) in [7, 11) is -0.948. The lowest BCUT2D eigenvalue weighted by atomic mass is 9.73. The van der Waals surface area contributed by atoms with Gasteiger partial charge >= 0.3 is 21.4 Å². The summed E-state index contributed by atoms with van der Waals surface area (Å²) in [5.74, 6) is 1.68. The van der Waals surface area contributed by atoms with Gasteiger partial charge in [-0.1, -0.05) is 477 Å². The molecular formula is C131H122B3Br5O6. The maximum absolute atomic E-state index is 8.54. The average molecular weight is 2240 g/mol. The number of rotatable bonds is 9. The van der Waals surface area contributed by atoms with Gasteiger partial charge in [-0.25, -0.2) is 0 Å². The van der Waals surface area contributed by atoms with E-state index in [9.17, 15) is 0 Å². The second kappa shape index (κ2) is 45.6. The lowest BCUT2D eigenvalue weighted by molar-refractivity contribution is 0.00578. The minimum absolute atomic E-state index is 0. The van der Waals surface area contributed by atoms with E-state index < -0.39 is 0 Å². The fraction of sp³-hybridized carbons (Fsp3) is 0.160. The van der Waals surface area contributed by atoms with Gasteiger partial charge in [0.05, 0.1) is 61.0 Å². The molecule has 0 N–H and O–H groups in total. The molecule has 6 nitrogen and oxygen atoms in total. The molecule has 3 aliphatic rings. The SMILES string of the molecule is C.C.C.C=CB1OC(C)(C)C(C)(C)O1.CC1(C)OB(c2c3ccccc3c(Br)c3ccccc23)OC1(C)C.CC1(C)OB(c2ccc(Br)c3ccccc23)OC1(C)C.[2H]c1c([2H])c([2H])c(-c2ccc(-c3c4ccccc4c(Br)c4ccccc34)c3ccccc23)c([2H])c1[2H].[2H]c1c([2H])c([2H])c(-c2ccc(-c3c4ccccc4c(C=C)c4ccccc34)c3ccccc23)c([2H])c1[2H].[2H]c1c([2H])c([2H])c(-c2ccc(Br)c3ccccc23)c([2H])c1[2H].[2H]c1c([2H])c([2H])c(Br)c([2H])c1[2H]. The van der Waals surface area contributed by atoms with Gasteiger partial charge in [-0.2, -0.15) is 0 Å². The number of hydrogen-bond acceptors (Lipinski definition) is 6. The highest BCUT2D eigenvalue weighted by atomic mass is 79.9. The number of benzene rings is 21. The van der Waals surface area contributed by atoms with Gasteiger partial charge in [0.15, 0.2) is 0 Å². The van der Waals surface area contributed by atoms with Crippen LogP contribution in [-0.2, 0) is 27.9 Å². The molecule has 726 valence electrons. The first-order valence-electron chi connectivity index (χ1n) is 56.5. The van der Waals surface area contributed by atoms with Crippen molar-refractivity contribution in [3.8, 4) is 55.6 Å². The fourth-order valence-corrected chi connectivity index (χ4v) is 20.7. The molecule has 0 aliphatic carbocycles. The van der Waals surface area contributed by atoms with Crippen LogP contribution in [0.1, 0.15) is 138 Å². The zero-order chi connectivity index (χ0) is 117. The van der Waals surface area contributed by atoms with Crippen LogP contribution in [0.5, 0.6) is 0 Å². The molecule has 14 heteroatoms. The standard InChI is InChI=1S/C32H22.C30H19Br.C20H20BBrO2.C16H18BBrO2.C16H11Br.C8H15BO2.C6H5Br.3CH4/c1-2-23-25-14-8-10-18-29(25)32(30-19-11-9-15-26(23)30)31-21-20-24(22-12-4-3-5-13-22)27-16-6-7-17-28(27)31;31-30-27-16-8-6-14-24(27)29(25-15-7-9-17-28(25)30)26-19-18-21(20-10-2-1-3-11-20)22-12-4-5-13-23(22)26;1-19(2)20(3,4)24-21(23-19)17-13-9-5-7-11-15(13)18(22)16-12-8-6-10-14(16)17;1-15(2)16(3,4)20-17(19-15)13-9-10-14(18)12-8-6-5-7-11(12)13;17-16-11-10-13(12-6-2-1-3-7-12)14-8-4-5-9-15(14)16;1-6-9-10-7(2,3)8(4,5)11-9;7-6-4-2-1-3-5-6;;;/h2-21H,1H2;1-19H;5-12H,1-4H3;5-10H,1-4H3;1-11H;6H,1H2,2-5H3;1-5H;3*1H4/i3D,4D,5D,12D,13D;1D,2D,3D,10D,11D;;;1D,2D,3D,6D,7D;;1D,2D,3D,4D,5D;;;. The van der Waals surface area contributed by atoms with E-state index in [1.165, 1.54) is 32.3 Å². The van der Waals surface area contributed by atoms with Gasteiger partial charge < -0.3 is 27.9 Å². The molecule has 0 unspecified atom stereocenters. The summed E-state index contributed by atoms with van der Waals surface area (Å²) in [6.07, 6.45) is 1.91. The molecular weight excluding hydrogens is 2100 g/mol. The van der Waals surface area contributed by atoms with Crippen molar-refractivity contribution in [1.82, 2.24) is 0 Å². The molecule has 3 aliphatic heterocycles. The highest BCUT2D eigenvalue weighted by Crippen LogP contribution is 2.50. The van der Waals surface area contributed by atoms with Gasteiger partial charge in [0.1, 0.15) is 0 Å². The van der Waals surface area contributed by atoms with Gasteiger partial charge in [-0.05, 0) is 319 Å². The summed E-state index contributed by atoms with van der Waals surface area (Å²) in [5.41, 5.74) is 8.29. The number of halogens is 5. The van der Waals surface area contributed by atoms with Crippen molar-refractivity contribution < 1.29 is 55.3 Å². The molecule has 0 saturated carbocycles. The second-order valence-corrected chi connectivity index (χ2v) is 41.5. The predicted octanol–water partition coefficient (Wildman–Crippen LogP) is 38.8. The van der Waals surface area contributed by atoms with E-state index >= 15 is 0 Å². The van der Waals surface area contributed by atoms with Crippen LogP contribution in [0.3, 0.4) is 0 Å². The summed E-state index contributed by atoms with van der Waals surface area (Å²) in [6.45, 7) is 32.5. The van der Waals surface area contributed by atoms with Crippen molar-refractivity contribution in [2.24, 2.45) is 0 Å². The zero-order valence-electron chi connectivity index (χ0n) is 100. The lowest BCUT2D eigenvalue weighted by Gasteiger charge is -2.32. The fourth-order valence-electron chi connectivity index (χ4n) is 18.1. The minimum Gasteiger partial charge on any atom is -0.400 e. The Morgan fingerprint density at radius 2 is 0.476 bits per heavy atom. The van der Waals surface area contributed by atoms with E-state index in [0.29, 0.717) is 16.7 Å². The molecule has 0 spiro atoms. The summed E-state index contributed by atoms with van der Waals surface area (Å²) in [6, 6.07) is 91.6. The molecule has 21 aromatic rings. The Morgan fingerprint density at radius 3 is 0.807 bits per heavy atom. The molecule has 0 aromatic heterocycles. The molecule has 0 bridgehead atoms. The molecule has 0 radical (unpaired) electrons. The zero-order valence-corrected chi connectivity index (χ0v) is 88.3. The molecule has 3 fully saturated rings. The van der Waals surface area contributed by atoms with E-state index in [1.54, 1.807) is 12.0 Å². The third-order valence-corrected chi connectivity index (χ3v) is 30.8. The third-order valence-electron chi connectivity index (χ3n) is 27.4. The molecule has 0 atom stereocenters. The molecule has 0 amide bonds. The Labute approximate surface area is 927 Å². The Hall–Kier alpha value is -11.9. The van der Waals surface area contributed by atoms with Crippen molar-refractivity contribution in [2.45, 2.75) is 139 Å². The molecule has 21 aromatic carbocycles. The Balaban J connectivity index is 0.000000146. The highest BCUT2D eigenvalue weighted by molar-refractivity contribution is 9.11. The molecule has 24 rings (SSSR count). The summed E-state index contributed by atoms with van der Waals surface area (Å²) >= 11 is 17.6. The van der Waals surface area contributed by atoms with Crippen LogP contribution >= 0.6 is 79.6 Å². The monoisotopic (exact) mass is 2240 g/mol. The van der Waals surface area contributed by atoms with E-state index in [1.807, 2.05) is 198 Å². The topological polar surface area (TPSA) is 55.4 Å². The number of hydrogen-bond donors (Lipinski definition) is 0. The third kappa shape index (κ3) is 21.9. The van der Waals surface area contributed by atoms with E-state index in [4.69, 9.17) is 55.3 Å². The van der Waals surface area contributed by atoms with Gasteiger partial charge in [0.2, 0.25) is 0 Å². The van der Waals surface area contributed by atoms with Crippen molar-refractivity contribution in [2.75, 3.05) is 0 Å². The smallest absolute Gasteiger partial charge is 0.400 e. The van der Waals surface area contributed by atoms with Crippen LogP contribution in [0, 0.1) is 0 Å². The first-order chi connectivity index (χ1) is 76.7. The largest absolute Gasteiger partial charge is 0.496 e. The highest BCUT2D eigenvalue weighted by Gasteiger charge is 2.54. The number of fused-ring (bicyclic) bond motifs is 10. The summed E-state index contributed by atoms with van der Waals surface area (Å²) in [4.78, 5) is 0. The molecule has 3 saturated heterocycles. The van der Waals surface area contributed by atoms with Crippen LogP contribution in [0.15, 0.2) is 454 Å². The van der Waals surface area contributed by atoms with Gasteiger partial charge in [-0.3, -0.25) is 0 Å². The van der Waals surface area contributed by atoms with Crippen LogP contribution in [0.4, 0.5) is 0 Å². The second-order valence-electron chi connectivity index (χ2n) is 37.4. The van der Waals surface area contributed by atoms with Gasteiger partial charge in [0.25, 0.3) is 0 Å². The first-order valence-corrected chi connectivity index (χ1v) is 50.5. The van der Waals surface area contributed by atoms with Crippen molar-refractivity contribution in [1.29, 1.82) is 0 Å². The van der Waals surface area contributed by atoms with E-state index in [0.717, 1.165) is 132 Å². The normalized spacial score (nSPS) is 16.6. The average Bonchev–Trinajstić information content (AvgIpc) is 1.55. The van der Waals surface area contributed by atoms with Crippen LogP contribution in [0.2, 0.25) is 0 Å². The van der Waals surface area contributed by atoms with Crippen molar-refractivity contribution in [3.05, 3.63) is 459 Å². The van der Waals surface area contributed by atoms with E-state index in [2.05, 4.69) is 270 Å². The van der Waals surface area contributed by atoms with Gasteiger partial charge in [-0.15, -0.1) is 6.58 Å². The minimum atomic E-state index is -0.389. The molecule has 145 heavy (non-hydrogen) atoms. The van der Waals surface area contributed by atoms with Crippen LogP contribution < -0.4 is 10.9 Å². The predicted molar refractivity (Wildman–Crippen MR) is 647 cm³/mol. The summed E-state index contributed by atoms with van der Waals surface area (Å²) < 4.78 is 199. The van der Waals surface area contributed by atoms with Crippen LogP contribution in [0.25, 0.3) is 169 Å². The van der Waals surface area contributed by atoms with Crippen molar-refractivity contribution >= 4 is 226 Å². The summed E-state index contributed by atoms with van der Waals surface area (Å²) in [5, 5.41) is 21.3. The van der Waals surface area contributed by atoms with Gasteiger partial charge in [0, 0.05) is 22.4 Å². The maximum Gasteiger partial charge on any atom is 0.496 e. The lowest BCUT2D eigenvalue weighted by Crippen LogP contribution is -2.41. The Kier molecular flexibility index (Phi) is 26.1. The Morgan fingerprint density at radius 1 is 0.241 bits per heavy atom.